The third-order valence-corrected chi connectivity index (χ3v) is 1.95. The standard InChI is InChI=1S/C9H13F2N3O/c1-6(7-4-12-2-3-13-7)14-5-8(15)9(10)11/h2-4,6,8-9,14-15H,5H2,1H3. The number of hydrogen-bond acceptors (Lipinski definition) is 4. The summed E-state index contributed by atoms with van der Waals surface area (Å²) in [7, 11) is 0. The molecule has 0 radical (unpaired) electrons. The quantitative estimate of drug-likeness (QED) is 0.764. The van der Waals surface area contributed by atoms with E-state index in [9.17, 15) is 8.78 Å². The van der Waals surface area contributed by atoms with Crippen LogP contribution < -0.4 is 5.32 Å². The first-order chi connectivity index (χ1) is 7.11. The van der Waals surface area contributed by atoms with Crippen LogP contribution in [0.5, 0.6) is 0 Å². The Morgan fingerprint density at radius 3 is 2.73 bits per heavy atom. The Bertz CT molecular complexity index is 284. The molecule has 0 aliphatic heterocycles. The SMILES string of the molecule is CC(NCC(O)C(F)F)c1cnccn1. The van der Waals surface area contributed by atoms with Gasteiger partial charge in [-0.1, -0.05) is 0 Å². The van der Waals surface area contributed by atoms with Crippen molar-refractivity contribution in [3.8, 4) is 0 Å². The summed E-state index contributed by atoms with van der Waals surface area (Å²) in [5, 5.41) is 11.6. The average Bonchev–Trinajstić information content (AvgIpc) is 2.26. The number of rotatable bonds is 5. The van der Waals surface area contributed by atoms with Crippen LogP contribution in [0.15, 0.2) is 18.6 Å². The van der Waals surface area contributed by atoms with E-state index in [1.807, 2.05) is 0 Å². The van der Waals surface area contributed by atoms with Gasteiger partial charge < -0.3 is 10.4 Å². The Kier molecular flexibility index (Phi) is 4.51. The maximum Gasteiger partial charge on any atom is 0.265 e. The second-order valence-corrected chi connectivity index (χ2v) is 3.16. The summed E-state index contributed by atoms with van der Waals surface area (Å²) in [6, 6.07) is -0.216. The van der Waals surface area contributed by atoms with Gasteiger partial charge in [0.2, 0.25) is 0 Å². The van der Waals surface area contributed by atoms with Gasteiger partial charge in [-0.2, -0.15) is 0 Å². The Morgan fingerprint density at radius 1 is 1.47 bits per heavy atom. The highest BCUT2D eigenvalue weighted by atomic mass is 19.3. The number of nitrogens with one attached hydrogen (secondary N) is 1. The van der Waals surface area contributed by atoms with Gasteiger partial charge in [-0.15, -0.1) is 0 Å². The second-order valence-electron chi connectivity index (χ2n) is 3.16. The van der Waals surface area contributed by atoms with Crippen molar-refractivity contribution < 1.29 is 13.9 Å². The van der Waals surface area contributed by atoms with Gasteiger partial charge in [-0.25, -0.2) is 8.78 Å². The van der Waals surface area contributed by atoms with Crippen LogP contribution in [-0.2, 0) is 0 Å². The van der Waals surface area contributed by atoms with Crippen LogP contribution in [0.4, 0.5) is 8.78 Å². The van der Waals surface area contributed by atoms with Crippen LogP contribution in [0.3, 0.4) is 0 Å². The normalized spacial score (nSPS) is 15.3. The van der Waals surface area contributed by atoms with Crippen molar-refractivity contribution in [2.75, 3.05) is 6.54 Å². The molecule has 1 heterocycles. The fourth-order valence-corrected chi connectivity index (χ4v) is 1.03. The third kappa shape index (κ3) is 3.85. The maximum atomic E-state index is 12.0. The Hall–Kier alpha value is -1.14. The molecule has 0 aromatic carbocycles. The van der Waals surface area contributed by atoms with Gasteiger partial charge in [-0.05, 0) is 6.92 Å². The highest BCUT2D eigenvalue weighted by molar-refractivity contribution is 5.00. The zero-order valence-electron chi connectivity index (χ0n) is 8.27. The predicted molar refractivity (Wildman–Crippen MR) is 50.5 cm³/mol. The molecule has 0 aliphatic carbocycles. The van der Waals surface area contributed by atoms with Crippen molar-refractivity contribution >= 4 is 0 Å². The molecule has 0 spiro atoms. The Balaban J connectivity index is 2.40. The third-order valence-electron chi connectivity index (χ3n) is 1.95. The van der Waals surface area contributed by atoms with Gasteiger partial charge in [0.25, 0.3) is 6.43 Å². The number of aliphatic hydroxyl groups excluding tert-OH is 1. The summed E-state index contributed by atoms with van der Waals surface area (Å²) in [4.78, 5) is 7.86. The average molecular weight is 217 g/mol. The minimum absolute atomic E-state index is 0.171. The largest absolute Gasteiger partial charge is 0.386 e. The van der Waals surface area contributed by atoms with E-state index in [4.69, 9.17) is 5.11 Å². The molecular weight excluding hydrogens is 204 g/mol. The smallest absolute Gasteiger partial charge is 0.265 e. The molecule has 0 saturated carbocycles. The minimum Gasteiger partial charge on any atom is -0.386 e. The first-order valence-corrected chi connectivity index (χ1v) is 4.56. The van der Waals surface area contributed by atoms with Crippen molar-refractivity contribution in [2.45, 2.75) is 25.5 Å². The summed E-state index contributed by atoms with van der Waals surface area (Å²) in [5.41, 5.74) is 0.652. The summed E-state index contributed by atoms with van der Waals surface area (Å²) >= 11 is 0. The van der Waals surface area contributed by atoms with Crippen molar-refractivity contribution in [2.24, 2.45) is 0 Å². The summed E-state index contributed by atoms with van der Waals surface area (Å²) in [6.45, 7) is 1.59. The predicted octanol–water partition coefficient (Wildman–Crippen LogP) is 0.753. The lowest BCUT2D eigenvalue weighted by Gasteiger charge is -2.15. The van der Waals surface area contributed by atoms with Gasteiger partial charge in [0, 0.05) is 31.2 Å². The summed E-state index contributed by atoms with van der Waals surface area (Å²) in [5.74, 6) is 0. The number of hydrogen-bond donors (Lipinski definition) is 2. The number of halogens is 2. The number of aliphatic hydroxyl groups is 1. The van der Waals surface area contributed by atoms with E-state index < -0.39 is 12.5 Å². The van der Waals surface area contributed by atoms with Crippen molar-refractivity contribution in [3.63, 3.8) is 0 Å². The van der Waals surface area contributed by atoms with Gasteiger partial charge in [0.05, 0.1) is 5.69 Å². The van der Waals surface area contributed by atoms with Gasteiger partial charge in [0.1, 0.15) is 6.10 Å². The van der Waals surface area contributed by atoms with E-state index in [-0.39, 0.29) is 12.6 Å². The van der Waals surface area contributed by atoms with Crippen molar-refractivity contribution in [1.29, 1.82) is 0 Å². The summed E-state index contributed by atoms with van der Waals surface area (Å²) in [6.07, 6.45) is 0.226. The van der Waals surface area contributed by atoms with E-state index in [0.717, 1.165) is 0 Å². The van der Waals surface area contributed by atoms with Crippen molar-refractivity contribution in [3.05, 3.63) is 24.3 Å². The zero-order valence-corrected chi connectivity index (χ0v) is 8.27. The van der Waals surface area contributed by atoms with E-state index in [2.05, 4.69) is 15.3 Å². The van der Waals surface area contributed by atoms with Gasteiger partial charge in [0.15, 0.2) is 0 Å². The zero-order chi connectivity index (χ0) is 11.3. The first-order valence-electron chi connectivity index (χ1n) is 4.56. The molecule has 2 atom stereocenters. The molecule has 15 heavy (non-hydrogen) atoms. The molecule has 2 N–H and O–H groups in total. The first kappa shape index (κ1) is 11.9. The van der Waals surface area contributed by atoms with E-state index >= 15 is 0 Å². The molecule has 2 unspecified atom stereocenters. The number of nitrogens with zero attached hydrogens (tertiary/aromatic N) is 2. The number of alkyl halides is 2. The Labute approximate surface area is 86.4 Å². The molecule has 1 aromatic rings. The number of aromatic nitrogens is 2. The minimum atomic E-state index is -2.73. The molecular formula is C9H13F2N3O. The summed E-state index contributed by atoms with van der Waals surface area (Å²) < 4.78 is 23.9. The highest BCUT2D eigenvalue weighted by Crippen LogP contribution is 2.07. The van der Waals surface area contributed by atoms with Crippen LogP contribution in [0.25, 0.3) is 0 Å². The lowest BCUT2D eigenvalue weighted by atomic mass is 10.2. The van der Waals surface area contributed by atoms with Crippen LogP contribution in [0.1, 0.15) is 18.7 Å². The fraction of sp³-hybridized carbons (Fsp3) is 0.556. The lowest BCUT2D eigenvalue weighted by Crippen LogP contribution is -2.33. The molecule has 4 nitrogen and oxygen atoms in total. The molecule has 6 heteroatoms. The monoisotopic (exact) mass is 217 g/mol. The molecule has 0 amide bonds. The fourth-order valence-electron chi connectivity index (χ4n) is 1.03. The topological polar surface area (TPSA) is 58.0 Å². The van der Waals surface area contributed by atoms with E-state index in [1.165, 1.54) is 12.4 Å². The molecule has 84 valence electrons. The highest BCUT2D eigenvalue weighted by Gasteiger charge is 2.17. The Morgan fingerprint density at radius 2 is 2.20 bits per heavy atom. The maximum absolute atomic E-state index is 12.0. The van der Waals surface area contributed by atoms with Crippen LogP contribution >= 0.6 is 0 Å². The van der Waals surface area contributed by atoms with Gasteiger partial charge >= 0.3 is 0 Å². The van der Waals surface area contributed by atoms with Crippen molar-refractivity contribution in [1.82, 2.24) is 15.3 Å². The van der Waals surface area contributed by atoms with Crippen LogP contribution in [0, 0.1) is 0 Å². The second kappa shape index (κ2) is 5.67. The lowest BCUT2D eigenvalue weighted by molar-refractivity contribution is -0.00445. The molecule has 0 saturated heterocycles. The van der Waals surface area contributed by atoms with E-state index in [1.54, 1.807) is 13.1 Å². The molecule has 0 bridgehead atoms. The van der Waals surface area contributed by atoms with Crippen LogP contribution in [-0.4, -0.2) is 34.1 Å². The van der Waals surface area contributed by atoms with Gasteiger partial charge in [-0.3, -0.25) is 9.97 Å². The van der Waals surface area contributed by atoms with Crippen LogP contribution in [0.2, 0.25) is 0 Å². The molecule has 1 rings (SSSR count). The van der Waals surface area contributed by atoms with E-state index in [0.29, 0.717) is 5.69 Å². The molecule has 1 aromatic heterocycles. The molecule has 0 fully saturated rings. The molecule has 0 aliphatic rings.